The van der Waals surface area contributed by atoms with Gasteiger partial charge in [-0.15, -0.1) is 0 Å². The molecule has 0 atom stereocenters. The van der Waals surface area contributed by atoms with E-state index >= 15 is 0 Å². The number of hydrogen-bond acceptors (Lipinski definition) is 3. The van der Waals surface area contributed by atoms with Crippen LogP contribution in [0.15, 0.2) is 12.7 Å². The van der Waals surface area contributed by atoms with Crippen molar-refractivity contribution in [1.29, 1.82) is 0 Å². The van der Waals surface area contributed by atoms with E-state index in [2.05, 4.69) is 17.0 Å². The summed E-state index contributed by atoms with van der Waals surface area (Å²) in [7, 11) is 0. The molecule has 0 bridgehead atoms. The third-order valence-corrected chi connectivity index (χ3v) is 0.343. The minimum absolute atomic E-state index is 0.190. The lowest BCUT2D eigenvalue weighted by Gasteiger charge is -1.90. The summed E-state index contributed by atoms with van der Waals surface area (Å²) in [4.78, 5) is 17.7. The first kappa shape index (κ1) is 10.6. The van der Waals surface area contributed by atoms with Crippen molar-refractivity contribution in [1.82, 2.24) is 0 Å². The van der Waals surface area contributed by atoms with Crippen LogP contribution in [0.3, 0.4) is 0 Å². The maximum Gasteiger partial charge on any atom is 0.404 e. The summed E-state index contributed by atoms with van der Waals surface area (Å²) in [5.41, 5.74) is 4.57. The maximum atomic E-state index is 9.71. The first-order valence-corrected chi connectivity index (χ1v) is 2.09. The summed E-state index contributed by atoms with van der Waals surface area (Å²) in [6.07, 6.45) is 0.685. The molecule has 0 aliphatic rings. The highest BCUT2D eigenvalue weighted by atomic mass is 16.5. The normalized spacial score (nSPS) is 6.22. The highest BCUT2D eigenvalue weighted by Gasteiger charge is 1.84. The van der Waals surface area contributed by atoms with E-state index in [0.29, 0.717) is 0 Å². The van der Waals surface area contributed by atoms with Crippen LogP contribution in [0.2, 0.25) is 0 Å². The molecule has 0 saturated carbocycles. The zero-order valence-corrected chi connectivity index (χ0v) is 5.00. The van der Waals surface area contributed by atoms with Gasteiger partial charge in [-0.25, -0.2) is 4.79 Å². The minimum atomic E-state index is -0.764. The molecule has 2 N–H and O–H groups in total. The van der Waals surface area contributed by atoms with Crippen LogP contribution >= 0.6 is 0 Å². The Morgan fingerprint density at radius 3 is 2.22 bits per heavy atom. The zero-order chi connectivity index (χ0) is 7.70. The molecular weight excluding hydrogens is 122 g/mol. The van der Waals surface area contributed by atoms with Gasteiger partial charge in [0.25, 0.3) is 0 Å². The summed E-state index contributed by atoms with van der Waals surface area (Å²) < 4.78 is 4.21. The predicted molar refractivity (Wildman–Crippen MR) is 32.9 cm³/mol. The number of hydrogen-bond donors (Lipinski definition) is 1. The molecule has 4 heteroatoms. The van der Waals surface area contributed by atoms with Crippen LogP contribution < -0.4 is 5.73 Å². The second kappa shape index (κ2) is 9.84. The van der Waals surface area contributed by atoms with Crippen molar-refractivity contribution in [2.24, 2.45) is 5.73 Å². The van der Waals surface area contributed by atoms with Crippen LogP contribution in [0.25, 0.3) is 0 Å². The van der Waals surface area contributed by atoms with Crippen molar-refractivity contribution in [2.45, 2.75) is 0 Å². The smallest absolute Gasteiger partial charge is 0.404 e. The standard InChI is InChI=1S/C4H7NO2.CH2O/c1-2-3-7-4(5)6;1-2/h2H,1,3H2,(H2,5,6);1H2. The van der Waals surface area contributed by atoms with Crippen molar-refractivity contribution in [3.05, 3.63) is 12.7 Å². The summed E-state index contributed by atoms with van der Waals surface area (Å²) >= 11 is 0. The number of rotatable bonds is 2. The molecule has 0 heterocycles. The van der Waals surface area contributed by atoms with Gasteiger partial charge in [0.2, 0.25) is 0 Å². The Balaban J connectivity index is 0. The van der Waals surface area contributed by atoms with Crippen LogP contribution in [0.1, 0.15) is 0 Å². The second-order valence-electron chi connectivity index (χ2n) is 0.919. The maximum absolute atomic E-state index is 9.71. The lowest BCUT2D eigenvalue weighted by molar-refractivity contribution is -0.0979. The monoisotopic (exact) mass is 131 g/mol. The van der Waals surface area contributed by atoms with Gasteiger partial charge in [0, 0.05) is 0 Å². The van der Waals surface area contributed by atoms with Crippen LogP contribution in [0.5, 0.6) is 0 Å². The van der Waals surface area contributed by atoms with E-state index in [4.69, 9.17) is 4.79 Å². The van der Waals surface area contributed by atoms with Gasteiger partial charge >= 0.3 is 6.09 Å². The Bertz CT molecular complexity index is 92.2. The number of amides is 1. The first-order valence-electron chi connectivity index (χ1n) is 2.09. The molecule has 0 aliphatic heterocycles. The molecule has 9 heavy (non-hydrogen) atoms. The molecule has 0 aromatic rings. The fourth-order valence-electron chi connectivity index (χ4n) is 0.141. The molecular formula is C5H9NO3. The molecule has 0 aromatic heterocycles. The average Bonchev–Trinajstić information content (AvgIpc) is 1.88. The molecule has 0 rings (SSSR count). The van der Waals surface area contributed by atoms with Gasteiger partial charge in [0.1, 0.15) is 13.4 Å². The molecule has 0 spiro atoms. The number of ether oxygens (including phenoxy) is 1. The predicted octanol–water partition coefficient (Wildman–Crippen LogP) is 0.0828. The molecule has 0 saturated heterocycles. The van der Waals surface area contributed by atoms with Gasteiger partial charge in [-0.1, -0.05) is 12.7 Å². The van der Waals surface area contributed by atoms with E-state index in [0.717, 1.165) is 0 Å². The summed E-state index contributed by atoms with van der Waals surface area (Å²) in [6.45, 7) is 5.49. The van der Waals surface area contributed by atoms with Gasteiger partial charge in [0.05, 0.1) is 0 Å². The van der Waals surface area contributed by atoms with E-state index in [1.54, 1.807) is 0 Å². The zero-order valence-electron chi connectivity index (χ0n) is 5.00. The summed E-state index contributed by atoms with van der Waals surface area (Å²) in [6, 6.07) is 0. The number of carbonyl (C=O) groups is 2. The van der Waals surface area contributed by atoms with Gasteiger partial charge < -0.3 is 15.3 Å². The van der Waals surface area contributed by atoms with Crippen LogP contribution in [-0.2, 0) is 9.53 Å². The Morgan fingerprint density at radius 2 is 2.11 bits per heavy atom. The van der Waals surface area contributed by atoms with Crippen molar-refractivity contribution in [3.8, 4) is 0 Å². The molecule has 0 aliphatic carbocycles. The molecule has 1 amide bonds. The SMILES string of the molecule is C=CCOC(N)=O.C=O. The van der Waals surface area contributed by atoms with E-state index in [1.165, 1.54) is 6.08 Å². The third-order valence-electron chi connectivity index (χ3n) is 0.343. The quantitative estimate of drug-likeness (QED) is 0.539. The molecule has 4 nitrogen and oxygen atoms in total. The lowest BCUT2D eigenvalue weighted by atomic mass is 10.7. The second-order valence-corrected chi connectivity index (χ2v) is 0.919. The van der Waals surface area contributed by atoms with Crippen LogP contribution in [0.4, 0.5) is 4.79 Å². The van der Waals surface area contributed by atoms with E-state index < -0.39 is 6.09 Å². The van der Waals surface area contributed by atoms with E-state index in [-0.39, 0.29) is 6.61 Å². The van der Waals surface area contributed by atoms with Gasteiger partial charge in [0.15, 0.2) is 0 Å². The minimum Gasteiger partial charge on any atom is -0.445 e. The Labute approximate surface area is 53.3 Å². The Kier molecular flexibility index (Phi) is 11.6. The Morgan fingerprint density at radius 1 is 1.67 bits per heavy atom. The topological polar surface area (TPSA) is 69.4 Å². The van der Waals surface area contributed by atoms with Gasteiger partial charge in [-0.05, 0) is 0 Å². The molecule has 0 aromatic carbocycles. The molecule has 0 fully saturated rings. The largest absolute Gasteiger partial charge is 0.445 e. The van der Waals surface area contributed by atoms with Gasteiger partial charge in [-0.2, -0.15) is 0 Å². The molecule has 0 radical (unpaired) electrons. The average molecular weight is 131 g/mol. The van der Waals surface area contributed by atoms with Crippen molar-refractivity contribution >= 4 is 12.9 Å². The van der Waals surface area contributed by atoms with Crippen LogP contribution in [0, 0.1) is 0 Å². The summed E-state index contributed by atoms with van der Waals surface area (Å²) in [5.74, 6) is 0. The number of nitrogens with two attached hydrogens (primary N) is 1. The summed E-state index contributed by atoms with van der Waals surface area (Å²) in [5, 5.41) is 0. The van der Waals surface area contributed by atoms with Gasteiger partial charge in [-0.3, -0.25) is 0 Å². The molecule has 52 valence electrons. The van der Waals surface area contributed by atoms with Crippen molar-refractivity contribution < 1.29 is 14.3 Å². The fourth-order valence-corrected chi connectivity index (χ4v) is 0.141. The lowest BCUT2D eigenvalue weighted by Crippen LogP contribution is -2.12. The van der Waals surface area contributed by atoms with Crippen molar-refractivity contribution in [2.75, 3.05) is 6.61 Å². The number of primary amides is 1. The third kappa shape index (κ3) is 20.4. The van der Waals surface area contributed by atoms with E-state index in [1.807, 2.05) is 6.79 Å². The van der Waals surface area contributed by atoms with Crippen LogP contribution in [-0.4, -0.2) is 19.5 Å². The Hall–Kier alpha value is -1.32. The first-order chi connectivity index (χ1) is 4.27. The highest BCUT2D eigenvalue weighted by Crippen LogP contribution is 1.70. The van der Waals surface area contributed by atoms with Crippen molar-refractivity contribution in [3.63, 3.8) is 0 Å². The highest BCUT2D eigenvalue weighted by molar-refractivity contribution is 5.64. The number of carbonyl (C=O) groups excluding carboxylic acids is 2. The fraction of sp³-hybridized carbons (Fsp3) is 0.200. The van der Waals surface area contributed by atoms with E-state index in [9.17, 15) is 4.79 Å². The molecule has 0 unspecified atom stereocenters.